The van der Waals surface area contributed by atoms with Crippen molar-refractivity contribution in [3.63, 3.8) is 0 Å². The molecule has 1 aromatic carbocycles. The number of rotatable bonds is 5. The Morgan fingerprint density at radius 2 is 2.06 bits per heavy atom. The molecule has 2 nitrogen and oxygen atoms in total. The molecular weight excluding hydrogens is 229 g/mol. The van der Waals surface area contributed by atoms with Gasteiger partial charge in [-0.25, -0.2) is 0 Å². The summed E-state index contributed by atoms with van der Waals surface area (Å²) in [6.45, 7) is 1.01. The van der Waals surface area contributed by atoms with Crippen LogP contribution in [0.1, 0.15) is 24.0 Å². The van der Waals surface area contributed by atoms with Crippen LogP contribution in [0.15, 0.2) is 24.3 Å². The topological polar surface area (TPSA) is 35.8 Å². The Balaban J connectivity index is 2.47. The van der Waals surface area contributed by atoms with Gasteiger partial charge in [-0.05, 0) is 24.6 Å². The predicted octanol–water partition coefficient (Wildman–Crippen LogP) is 3.10. The lowest BCUT2D eigenvalue weighted by Crippen LogP contribution is -2.15. The lowest BCUT2D eigenvalue weighted by atomic mass is 10.1. The van der Waals surface area contributed by atoms with E-state index < -0.39 is 11.7 Å². The highest BCUT2D eigenvalue weighted by molar-refractivity contribution is 5.25. The second-order valence-electron chi connectivity index (χ2n) is 3.64. The monoisotopic (exact) mass is 242 g/mol. The SMILES string of the molecule is N#CCCCNCc1cccc(C(F)(F)F)c1. The zero-order valence-electron chi connectivity index (χ0n) is 9.22. The number of alkyl halides is 3. The van der Waals surface area contributed by atoms with E-state index in [9.17, 15) is 13.2 Å². The van der Waals surface area contributed by atoms with Crippen LogP contribution in [-0.4, -0.2) is 6.54 Å². The molecule has 0 fully saturated rings. The summed E-state index contributed by atoms with van der Waals surface area (Å²) < 4.78 is 37.2. The van der Waals surface area contributed by atoms with Crippen molar-refractivity contribution in [3.05, 3.63) is 35.4 Å². The Morgan fingerprint density at radius 3 is 2.71 bits per heavy atom. The van der Waals surface area contributed by atoms with Gasteiger partial charge in [0.05, 0.1) is 11.6 Å². The van der Waals surface area contributed by atoms with Gasteiger partial charge in [0.1, 0.15) is 0 Å². The molecule has 5 heteroatoms. The molecule has 0 aromatic heterocycles. The van der Waals surface area contributed by atoms with Gasteiger partial charge in [-0.1, -0.05) is 18.2 Å². The van der Waals surface area contributed by atoms with Gasteiger partial charge in [-0.2, -0.15) is 18.4 Å². The highest BCUT2D eigenvalue weighted by Gasteiger charge is 2.30. The number of nitrogens with one attached hydrogen (secondary N) is 1. The zero-order chi connectivity index (χ0) is 12.7. The lowest BCUT2D eigenvalue weighted by molar-refractivity contribution is -0.137. The van der Waals surface area contributed by atoms with Crippen LogP contribution in [0.25, 0.3) is 0 Å². The summed E-state index contributed by atoms with van der Waals surface area (Å²) >= 11 is 0. The molecule has 0 atom stereocenters. The Bertz CT molecular complexity index is 393. The normalized spacial score (nSPS) is 11.2. The summed E-state index contributed by atoms with van der Waals surface area (Å²) in [4.78, 5) is 0. The Labute approximate surface area is 98.1 Å². The average molecular weight is 242 g/mol. The standard InChI is InChI=1S/C12H13F3N2/c13-12(14,15)11-5-3-4-10(8-11)9-17-7-2-1-6-16/h3-5,8,17H,1-2,7,9H2. The number of unbranched alkanes of at least 4 members (excludes halogenated alkanes) is 1. The van der Waals surface area contributed by atoms with Crippen molar-refractivity contribution in [1.82, 2.24) is 5.32 Å². The van der Waals surface area contributed by atoms with E-state index in [4.69, 9.17) is 5.26 Å². The number of nitriles is 1. The maximum absolute atomic E-state index is 12.4. The van der Waals surface area contributed by atoms with E-state index in [1.54, 1.807) is 6.07 Å². The van der Waals surface area contributed by atoms with E-state index in [2.05, 4.69) is 5.32 Å². The zero-order valence-corrected chi connectivity index (χ0v) is 9.22. The van der Waals surface area contributed by atoms with Crippen LogP contribution in [0.5, 0.6) is 0 Å². The van der Waals surface area contributed by atoms with Gasteiger partial charge in [0.2, 0.25) is 0 Å². The molecule has 1 aromatic rings. The minimum absolute atomic E-state index is 0.384. The molecule has 0 aliphatic carbocycles. The first kappa shape index (κ1) is 13.5. The van der Waals surface area contributed by atoms with Gasteiger partial charge in [0.25, 0.3) is 0 Å². The molecule has 1 N–H and O–H groups in total. The van der Waals surface area contributed by atoms with Crippen LogP contribution >= 0.6 is 0 Å². The third kappa shape index (κ3) is 4.87. The molecule has 0 aliphatic rings. The van der Waals surface area contributed by atoms with Crippen molar-refractivity contribution in [2.75, 3.05) is 6.54 Å². The Kier molecular flexibility index (Phi) is 4.98. The van der Waals surface area contributed by atoms with Crippen molar-refractivity contribution >= 4 is 0 Å². The van der Waals surface area contributed by atoms with E-state index in [-0.39, 0.29) is 0 Å². The molecule has 0 saturated carbocycles. The quantitative estimate of drug-likeness (QED) is 0.805. The van der Waals surface area contributed by atoms with E-state index >= 15 is 0 Å². The Morgan fingerprint density at radius 1 is 1.29 bits per heavy atom. The van der Waals surface area contributed by atoms with E-state index in [1.807, 2.05) is 6.07 Å². The predicted molar refractivity (Wildman–Crippen MR) is 58.0 cm³/mol. The summed E-state index contributed by atoms with van der Waals surface area (Å²) in [7, 11) is 0. The van der Waals surface area contributed by atoms with Crippen LogP contribution in [0, 0.1) is 11.3 Å². The first-order valence-electron chi connectivity index (χ1n) is 5.28. The van der Waals surface area contributed by atoms with Crippen molar-refractivity contribution < 1.29 is 13.2 Å². The van der Waals surface area contributed by atoms with Crippen molar-refractivity contribution in [1.29, 1.82) is 5.26 Å². The third-order valence-electron chi connectivity index (χ3n) is 2.23. The van der Waals surface area contributed by atoms with E-state index in [0.717, 1.165) is 12.1 Å². The van der Waals surface area contributed by atoms with Crippen LogP contribution in [0.4, 0.5) is 13.2 Å². The van der Waals surface area contributed by atoms with Crippen LogP contribution in [-0.2, 0) is 12.7 Å². The van der Waals surface area contributed by atoms with Crippen LogP contribution in [0.2, 0.25) is 0 Å². The lowest BCUT2D eigenvalue weighted by Gasteiger charge is -2.09. The van der Waals surface area contributed by atoms with Crippen molar-refractivity contribution in [2.24, 2.45) is 0 Å². The van der Waals surface area contributed by atoms with Crippen LogP contribution in [0.3, 0.4) is 0 Å². The highest BCUT2D eigenvalue weighted by atomic mass is 19.4. The summed E-state index contributed by atoms with van der Waals surface area (Å²) in [5, 5.41) is 11.3. The largest absolute Gasteiger partial charge is 0.416 e. The average Bonchev–Trinajstić information content (AvgIpc) is 2.28. The smallest absolute Gasteiger partial charge is 0.313 e. The fourth-order valence-corrected chi connectivity index (χ4v) is 1.38. The molecule has 0 radical (unpaired) electrons. The second-order valence-corrected chi connectivity index (χ2v) is 3.64. The maximum Gasteiger partial charge on any atom is 0.416 e. The molecule has 0 spiro atoms. The third-order valence-corrected chi connectivity index (χ3v) is 2.23. The number of benzene rings is 1. The number of halogens is 3. The summed E-state index contributed by atoms with van der Waals surface area (Å²) in [5.41, 5.74) is -0.0365. The number of hydrogen-bond acceptors (Lipinski definition) is 2. The molecule has 0 saturated heterocycles. The van der Waals surface area contributed by atoms with E-state index in [1.165, 1.54) is 6.07 Å². The first-order chi connectivity index (χ1) is 8.04. The molecule has 0 aliphatic heterocycles. The van der Waals surface area contributed by atoms with Crippen molar-refractivity contribution in [3.8, 4) is 6.07 Å². The molecule has 0 unspecified atom stereocenters. The fourth-order valence-electron chi connectivity index (χ4n) is 1.38. The van der Waals surface area contributed by atoms with Gasteiger partial charge in [-0.3, -0.25) is 0 Å². The molecule has 0 amide bonds. The molecule has 1 rings (SSSR count). The first-order valence-corrected chi connectivity index (χ1v) is 5.28. The minimum atomic E-state index is -4.29. The number of nitrogens with zero attached hydrogens (tertiary/aromatic N) is 1. The van der Waals surface area contributed by atoms with E-state index in [0.29, 0.717) is 31.5 Å². The van der Waals surface area contributed by atoms with Crippen molar-refractivity contribution in [2.45, 2.75) is 25.6 Å². The number of hydrogen-bond donors (Lipinski definition) is 1. The minimum Gasteiger partial charge on any atom is -0.313 e. The summed E-state index contributed by atoms with van der Waals surface area (Å²) in [6, 6.07) is 7.24. The highest BCUT2D eigenvalue weighted by Crippen LogP contribution is 2.29. The van der Waals surface area contributed by atoms with Gasteiger partial charge >= 0.3 is 6.18 Å². The molecule has 17 heavy (non-hydrogen) atoms. The molecule has 0 bridgehead atoms. The van der Waals surface area contributed by atoms with Gasteiger partial charge in [-0.15, -0.1) is 0 Å². The van der Waals surface area contributed by atoms with Gasteiger partial charge < -0.3 is 5.32 Å². The summed E-state index contributed by atoms with van der Waals surface area (Å²) in [5.74, 6) is 0. The Hall–Kier alpha value is -1.54. The fraction of sp³-hybridized carbons (Fsp3) is 0.417. The molecular formula is C12H13F3N2. The van der Waals surface area contributed by atoms with Crippen LogP contribution < -0.4 is 5.32 Å². The molecule has 92 valence electrons. The van der Waals surface area contributed by atoms with Gasteiger partial charge in [0, 0.05) is 13.0 Å². The second kappa shape index (κ2) is 6.26. The maximum atomic E-state index is 12.4. The summed E-state index contributed by atoms with van der Waals surface area (Å²) in [6.07, 6.45) is -3.14. The van der Waals surface area contributed by atoms with Gasteiger partial charge in [0.15, 0.2) is 0 Å². The molecule has 0 heterocycles.